The monoisotopic (exact) mass is 263 g/mol. The van der Waals surface area contributed by atoms with Crippen molar-refractivity contribution in [3.8, 4) is 5.75 Å². The Morgan fingerprint density at radius 1 is 1.47 bits per heavy atom. The zero-order chi connectivity index (χ0) is 13.7. The maximum absolute atomic E-state index is 11.9. The lowest BCUT2D eigenvalue weighted by Crippen LogP contribution is -2.53. The van der Waals surface area contributed by atoms with E-state index in [0.717, 1.165) is 0 Å². The Labute approximate surface area is 111 Å². The third kappa shape index (κ3) is 3.69. The zero-order valence-electron chi connectivity index (χ0n) is 10.7. The van der Waals surface area contributed by atoms with Crippen LogP contribution in [-0.2, 0) is 9.59 Å². The third-order valence-corrected chi connectivity index (χ3v) is 2.87. The van der Waals surface area contributed by atoms with Gasteiger partial charge in [-0.3, -0.25) is 9.59 Å². The lowest BCUT2D eigenvalue weighted by molar-refractivity contribution is -0.127. The first-order valence-electron chi connectivity index (χ1n) is 6.14. The average molecular weight is 263 g/mol. The number of rotatable bonds is 4. The van der Waals surface area contributed by atoms with Crippen LogP contribution in [0.15, 0.2) is 24.3 Å². The molecular weight excluding hydrogens is 246 g/mol. The van der Waals surface area contributed by atoms with Gasteiger partial charge in [-0.25, -0.2) is 0 Å². The Balaban J connectivity index is 1.91. The number of piperazine rings is 1. The van der Waals surface area contributed by atoms with E-state index >= 15 is 0 Å². The number of hydrogen-bond donors (Lipinski definition) is 3. The van der Waals surface area contributed by atoms with Crippen molar-refractivity contribution in [2.24, 2.45) is 0 Å². The summed E-state index contributed by atoms with van der Waals surface area (Å²) in [6, 6.07) is 6.63. The molecule has 0 aliphatic carbocycles. The summed E-state index contributed by atoms with van der Waals surface area (Å²) in [5.74, 6) is 0.334. The summed E-state index contributed by atoms with van der Waals surface area (Å²) >= 11 is 0. The summed E-state index contributed by atoms with van der Waals surface area (Å²) in [6.07, 6.45) is 0.114. The molecule has 6 nitrogen and oxygen atoms in total. The molecular formula is C13H17N3O3. The van der Waals surface area contributed by atoms with Gasteiger partial charge < -0.3 is 20.7 Å². The second-order valence-electron chi connectivity index (χ2n) is 4.28. The molecule has 1 saturated heterocycles. The van der Waals surface area contributed by atoms with Gasteiger partial charge in [0.2, 0.25) is 11.8 Å². The lowest BCUT2D eigenvalue weighted by Gasteiger charge is -2.22. The molecule has 0 radical (unpaired) electrons. The third-order valence-electron chi connectivity index (χ3n) is 2.87. The zero-order valence-corrected chi connectivity index (χ0v) is 10.7. The molecule has 1 aromatic carbocycles. The minimum Gasteiger partial charge on any atom is -0.497 e. The van der Waals surface area contributed by atoms with Crippen LogP contribution in [0, 0.1) is 0 Å². The number of ether oxygens (including phenoxy) is 1. The van der Waals surface area contributed by atoms with Gasteiger partial charge in [-0.1, -0.05) is 6.07 Å². The fourth-order valence-corrected chi connectivity index (χ4v) is 1.91. The van der Waals surface area contributed by atoms with Crippen molar-refractivity contribution in [1.29, 1.82) is 0 Å². The van der Waals surface area contributed by atoms with E-state index in [4.69, 9.17) is 4.74 Å². The van der Waals surface area contributed by atoms with E-state index in [-0.39, 0.29) is 18.2 Å². The molecule has 1 aliphatic heterocycles. The molecule has 2 amide bonds. The van der Waals surface area contributed by atoms with Crippen molar-refractivity contribution in [2.75, 3.05) is 25.5 Å². The van der Waals surface area contributed by atoms with E-state index in [1.807, 2.05) is 0 Å². The van der Waals surface area contributed by atoms with E-state index in [9.17, 15) is 9.59 Å². The van der Waals surface area contributed by atoms with Crippen LogP contribution in [0.1, 0.15) is 6.42 Å². The molecule has 2 rings (SSSR count). The van der Waals surface area contributed by atoms with Gasteiger partial charge in [-0.15, -0.1) is 0 Å². The molecule has 1 aromatic rings. The first-order chi connectivity index (χ1) is 9.19. The fraction of sp³-hybridized carbons (Fsp3) is 0.385. The number of carbonyl (C=O) groups excluding carboxylic acids is 2. The van der Waals surface area contributed by atoms with Crippen molar-refractivity contribution in [1.82, 2.24) is 10.6 Å². The first kappa shape index (κ1) is 13.4. The Hall–Kier alpha value is -2.08. The molecule has 1 aliphatic rings. The van der Waals surface area contributed by atoms with Crippen LogP contribution in [0.3, 0.4) is 0 Å². The molecule has 6 heteroatoms. The van der Waals surface area contributed by atoms with E-state index in [1.54, 1.807) is 31.4 Å². The SMILES string of the molecule is COc1cccc(NC(=O)C[C@@H]2NCCNC2=O)c1. The van der Waals surface area contributed by atoms with Crippen molar-refractivity contribution < 1.29 is 14.3 Å². The molecule has 1 heterocycles. The number of carbonyl (C=O) groups is 2. The number of hydrogen-bond acceptors (Lipinski definition) is 4. The largest absolute Gasteiger partial charge is 0.497 e. The van der Waals surface area contributed by atoms with Gasteiger partial charge >= 0.3 is 0 Å². The number of benzene rings is 1. The average Bonchev–Trinajstić information content (AvgIpc) is 2.41. The molecule has 102 valence electrons. The Kier molecular flexibility index (Phi) is 4.35. The van der Waals surface area contributed by atoms with Gasteiger partial charge in [-0.2, -0.15) is 0 Å². The molecule has 0 aromatic heterocycles. The quantitative estimate of drug-likeness (QED) is 0.720. The van der Waals surface area contributed by atoms with Crippen molar-refractivity contribution >= 4 is 17.5 Å². The topological polar surface area (TPSA) is 79.5 Å². The molecule has 1 fully saturated rings. The summed E-state index contributed by atoms with van der Waals surface area (Å²) in [6.45, 7) is 1.29. The normalized spacial score (nSPS) is 18.6. The van der Waals surface area contributed by atoms with Crippen LogP contribution < -0.4 is 20.7 Å². The highest BCUT2D eigenvalue weighted by Gasteiger charge is 2.23. The van der Waals surface area contributed by atoms with E-state index in [1.165, 1.54) is 0 Å². The van der Waals surface area contributed by atoms with Crippen molar-refractivity contribution in [3.05, 3.63) is 24.3 Å². The smallest absolute Gasteiger partial charge is 0.237 e. The van der Waals surface area contributed by atoms with Gasteiger partial charge in [-0.05, 0) is 12.1 Å². The van der Waals surface area contributed by atoms with Gasteiger partial charge in [0.1, 0.15) is 5.75 Å². The summed E-state index contributed by atoms with van der Waals surface area (Å²) in [7, 11) is 1.57. The van der Waals surface area contributed by atoms with Crippen LogP contribution in [0.25, 0.3) is 0 Å². The summed E-state index contributed by atoms with van der Waals surface area (Å²) in [5, 5.41) is 8.47. The second kappa shape index (κ2) is 6.19. The highest BCUT2D eigenvalue weighted by atomic mass is 16.5. The van der Waals surface area contributed by atoms with Gasteiger partial charge in [0.15, 0.2) is 0 Å². The number of nitrogens with one attached hydrogen (secondary N) is 3. The Morgan fingerprint density at radius 2 is 2.32 bits per heavy atom. The van der Waals surface area contributed by atoms with Gasteiger partial charge in [0.05, 0.1) is 19.6 Å². The molecule has 0 unspecified atom stereocenters. The molecule has 19 heavy (non-hydrogen) atoms. The van der Waals surface area contributed by atoms with Gasteiger partial charge in [0, 0.05) is 24.8 Å². The molecule has 3 N–H and O–H groups in total. The molecule has 0 bridgehead atoms. The number of methoxy groups -OCH3 is 1. The van der Waals surface area contributed by atoms with E-state index in [0.29, 0.717) is 24.5 Å². The lowest BCUT2D eigenvalue weighted by atomic mass is 10.1. The van der Waals surface area contributed by atoms with E-state index < -0.39 is 6.04 Å². The first-order valence-corrected chi connectivity index (χ1v) is 6.14. The van der Waals surface area contributed by atoms with E-state index in [2.05, 4.69) is 16.0 Å². The van der Waals surface area contributed by atoms with Crippen LogP contribution in [-0.4, -0.2) is 38.1 Å². The highest BCUT2D eigenvalue weighted by Crippen LogP contribution is 2.16. The number of anilines is 1. The summed E-state index contributed by atoms with van der Waals surface area (Å²) < 4.78 is 5.08. The van der Waals surface area contributed by atoms with Crippen LogP contribution >= 0.6 is 0 Å². The Morgan fingerprint density at radius 3 is 3.05 bits per heavy atom. The van der Waals surface area contributed by atoms with Crippen molar-refractivity contribution in [2.45, 2.75) is 12.5 Å². The van der Waals surface area contributed by atoms with Crippen LogP contribution in [0.4, 0.5) is 5.69 Å². The second-order valence-corrected chi connectivity index (χ2v) is 4.28. The standard InChI is InChI=1S/C13H17N3O3/c1-19-10-4-2-3-9(7-10)16-12(17)8-11-13(18)15-6-5-14-11/h2-4,7,11,14H,5-6,8H2,1H3,(H,15,18)(H,16,17)/t11-/m0/s1. The maximum atomic E-state index is 11.9. The molecule has 0 saturated carbocycles. The highest BCUT2D eigenvalue weighted by molar-refractivity contribution is 5.95. The summed E-state index contributed by atoms with van der Waals surface area (Å²) in [4.78, 5) is 23.4. The predicted octanol–water partition coefficient (Wildman–Crippen LogP) is 0.112. The van der Waals surface area contributed by atoms with Gasteiger partial charge in [0.25, 0.3) is 0 Å². The fourth-order valence-electron chi connectivity index (χ4n) is 1.91. The minimum absolute atomic E-state index is 0.114. The van der Waals surface area contributed by atoms with Crippen molar-refractivity contribution in [3.63, 3.8) is 0 Å². The minimum atomic E-state index is -0.459. The molecule has 1 atom stereocenters. The van der Waals surface area contributed by atoms with Crippen LogP contribution in [0.5, 0.6) is 5.75 Å². The molecule has 0 spiro atoms. The number of amides is 2. The predicted molar refractivity (Wildman–Crippen MR) is 71.0 cm³/mol. The maximum Gasteiger partial charge on any atom is 0.237 e. The Bertz CT molecular complexity index is 476. The summed E-state index contributed by atoms with van der Waals surface area (Å²) in [5.41, 5.74) is 0.653. The van der Waals surface area contributed by atoms with Crippen LogP contribution in [0.2, 0.25) is 0 Å².